The number of nitrogens with zero attached hydrogens (tertiary/aromatic N) is 2. The van der Waals surface area contributed by atoms with Crippen molar-refractivity contribution in [1.29, 1.82) is 0 Å². The third kappa shape index (κ3) is 3.06. The summed E-state index contributed by atoms with van der Waals surface area (Å²) in [4.78, 5) is 0. The lowest BCUT2D eigenvalue weighted by atomic mass is 9.95. The molecule has 2 atom stereocenters. The molecule has 3 heterocycles. The average molecular weight is 435 g/mol. The van der Waals surface area contributed by atoms with E-state index in [9.17, 15) is 0 Å². The Morgan fingerprint density at radius 3 is 2.61 bits per heavy atom. The van der Waals surface area contributed by atoms with Crippen LogP contribution < -0.4 is 18.9 Å². The molecule has 7 heteroatoms. The van der Waals surface area contributed by atoms with E-state index < -0.39 is 0 Å². The highest BCUT2D eigenvalue weighted by Crippen LogP contribution is 2.48. The molecule has 0 aliphatic carbocycles. The van der Waals surface area contributed by atoms with E-state index in [2.05, 4.69) is 0 Å². The Kier molecular flexibility index (Phi) is 4.21. The fraction of sp³-hybridized carbons (Fsp3) is 0.208. The number of hydrogen-bond donors (Lipinski definition) is 0. The van der Waals surface area contributed by atoms with Crippen LogP contribution in [0.1, 0.15) is 35.4 Å². The Morgan fingerprint density at radius 1 is 0.968 bits per heavy atom. The SMILES string of the molecule is COc1ccc([C@@H]2Oc3ccc(Cl)cc3[C@H]3CC(c4ccc5c(c4)OCO5)=NN32)cc1. The van der Waals surface area contributed by atoms with Gasteiger partial charge >= 0.3 is 0 Å². The molecule has 31 heavy (non-hydrogen) atoms. The van der Waals surface area contributed by atoms with Crippen molar-refractivity contribution in [3.05, 3.63) is 82.4 Å². The molecule has 0 saturated heterocycles. The Balaban J connectivity index is 1.42. The molecule has 3 aromatic rings. The average Bonchev–Trinajstić information content (AvgIpc) is 3.45. The van der Waals surface area contributed by atoms with E-state index in [0.717, 1.165) is 51.8 Å². The first-order valence-corrected chi connectivity index (χ1v) is 10.4. The van der Waals surface area contributed by atoms with E-state index in [0.29, 0.717) is 5.02 Å². The number of hydrogen-bond acceptors (Lipinski definition) is 6. The van der Waals surface area contributed by atoms with Crippen LogP contribution in [0.4, 0.5) is 0 Å². The third-order valence-electron chi connectivity index (χ3n) is 5.86. The summed E-state index contributed by atoms with van der Waals surface area (Å²) in [5.41, 5.74) is 4.02. The Bertz CT molecular complexity index is 1190. The van der Waals surface area contributed by atoms with Gasteiger partial charge in [0.25, 0.3) is 0 Å². The standard InChI is InChI=1S/C24H19ClN2O4/c1-28-17-6-2-14(3-7-17)24-27-20(18-11-16(25)5-9-21(18)31-24)12-19(26-27)15-4-8-22-23(10-15)30-13-29-22/h2-11,20,24H,12-13H2,1H3/t20-,24+/m1/s1. The van der Waals surface area contributed by atoms with Gasteiger partial charge in [0.1, 0.15) is 11.5 Å². The van der Waals surface area contributed by atoms with E-state index in [4.69, 9.17) is 35.6 Å². The minimum absolute atomic E-state index is 0.0231. The summed E-state index contributed by atoms with van der Waals surface area (Å²) in [6, 6.07) is 19.6. The minimum Gasteiger partial charge on any atom is -0.497 e. The molecule has 3 aliphatic rings. The molecule has 0 radical (unpaired) electrons. The molecule has 0 bridgehead atoms. The lowest BCUT2D eigenvalue weighted by Crippen LogP contribution is -2.33. The number of ether oxygens (including phenoxy) is 4. The highest BCUT2D eigenvalue weighted by molar-refractivity contribution is 6.30. The Morgan fingerprint density at radius 2 is 1.77 bits per heavy atom. The smallest absolute Gasteiger partial charge is 0.231 e. The monoisotopic (exact) mass is 434 g/mol. The van der Waals surface area contributed by atoms with Gasteiger partial charge in [-0.1, -0.05) is 11.6 Å². The molecule has 0 spiro atoms. The molecule has 0 N–H and O–H groups in total. The van der Waals surface area contributed by atoms with Crippen LogP contribution in [0.2, 0.25) is 5.02 Å². The summed E-state index contributed by atoms with van der Waals surface area (Å²) in [6.45, 7) is 0.249. The van der Waals surface area contributed by atoms with Crippen molar-refractivity contribution in [3.63, 3.8) is 0 Å². The molecule has 0 unspecified atom stereocenters. The van der Waals surface area contributed by atoms with Crippen LogP contribution in [0.3, 0.4) is 0 Å². The summed E-state index contributed by atoms with van der Waals surface area (Å²) >= 11 is 6.32. The molecule has 0 saturated carbocycles. The van der Waals surface area contributed by atoms with E-state index in [-0.39, 0.29) is 19.1 Å². The summed E-state index contributed by atoms with van der Waals surface area (Å²) in [6.07, 6.45) is 0.388. The van der Waals surface area contributed by atoms with Crippen molar-refractivity contribution >= 4 is 17.3 Å². The highest BCUT2D eigenvalue weighted by Gasteiger charge is 2.41. The molecule has 3 aliphatic heterocycles. The fourth-order valence-corrected chi connectivity index (χ4v) is 4.48. The Labute approximate surface area is 184 Å². The number of halogens is 1. The van der Waals surface area contributed by atoms with E-state index >= 15 is 0 Å². The fourth-order valence-electron chi connectivity index (χ4n) is 4.30. The van der Waals surface area contributed by atoms with Gasteiger partial charge < -0.3 is 18.9 Å². The van der Waals surface area contributed by atoms with Gasteiger partial charge in [-0.15, -0.1) is 0 Å². The van der Waals surface area contributed by atoms with E-state index in [1.54, 1.807) is 7.11 Å². The molecule has 0 aromatic heterocycles. The van der Waals surface area contributed by atoms with E-state index in [1.165, 1.54) is 0 Å². The van der Waals surface area contributed by atoms with Crippen LogP contribution in [0.15, 0.2) is 65.8 Å². The zero-order chi connectivity index (χ0) is 20.9. The van der Waals surface area contributed by atoms with Crippen LogP contribution in [-0.4, -0.2) is 24.6 Å². The first-order chi connectivity index (χ1) is 15.2. The summed E-state index contributed by atoms with van der Waals surface area (Å²) in [5.74, 6) is 3.14. The Hall–Kier alpha value is -3.38. The second kappa shape index (κ2) is 7.10. The minimum atomic E-state index is -0.351. The second-order valence-electron chi connectivity index (χ2n) is 7.64. The number of rotatable bonds is 3. The van der Waals surface area contributed by atoms with Crippen molar-refractivity contribution in [2.75, 3.05) is 13.9 Å². The summed E-state index contributed by atoms with van der Waals surface area (Å²) in [5, 5.41) is 7.70. The normalized spacial score (nSPS) is 20.6. The van der Waals surface area contributed by atoms with Gasteiger partial charge in [-0.3, -0.25) is 0 Å². The maximum Gasteiger partial charge on any atom is 0.231 e. The van der Waals surface area contributed by atoms with Gasteiger partial charge in [-0.2, -0.15) is 5.10 Å². The molecular weight excluding hydrogens is 416 g/mol. The van der Waals surface area contributed by atoms with Gasteiger partial charge in [0.2, 0.25) is 13.0 Å². The molecular formula is C24H19ClN2O4. The largest absolute Gasteiger partial charge is 0.497 e. The number of benzene rings is 3. The van der Waals surface area contributed by atoms with Crippen LogP contribution in [0.5, 0.6) is 23.0 Å². The summed E-state index contributed by atoms with van der Waals surface area (Å²) < 4.78 is 22.7. The van der Waals surface area contributed by atoms with Crippen molar-refractivity contribution in [3.8, 4) is 23.0 Å². The molecule has 0 fully saturated rings. The van der Waals surface area contributed by atoms with Gasteiger partial charge in [0.05, 0.1) is 18.9 Å². The number of methoxy groups -OCH3 is 1. The zero-order valence-electron chi connectivity index (χ0n) is 16.7. The maximum absolute atomic E-state index is 6.39. The van der Waals surface area contributed by atoms with E-state index in [1.807, 2.05) is 65.7 Å². The first kappa shape index (κ1) is 18.4. The molecule has 0 amide bonds. The maximum atomic E-state index is 6.39. The highest BCUT2D eigenvalue weighted by atomic mass is 35.5. The lowest BCUT2D eigenvalue weighted by molar-refractivity contribution is -0.0190. The molecule has 6 nitrogen and oxygen atoms in total. The third-order valence-corrected chi connectivity index (χ3v) is 6.09. The zero-order valence-corrected chi connectivity index (χ0v) is 17.5. The van der Waals surface area contributed by atoms with Gasteiger partial charge in [0.15, 0.2) is 11.5 Å². The molecule has 6 rings (SSSR count). The predicted octanol–water partition coefficient (Wildman–Crippen LogP) is 5.32. The van der Waals surface area contributed by atoms with Gasteiger partial charge in [0, 0.05) is 28.1 Å². The van der Waals surface area contributed by atoms with Crippen molar-refractivity contribution in [1.82, 2.24) is 5.01 Å². The van der Waals surface area contributed by atoms with Crippen molar-refractivity contribution in [2.45, 2.75) is 18.7 Å². The quantitative estimate of drug-likeness (QED) is 0.558. The van der Waals surface area contributed by atoms with Gasteiger partial charge in [-0.05, 0) is 60.7 Å². The number of fused-ring (bicyclic) bond motifs is 4. The van der Waals surface area contributed by atoms with Gasteiger partial charge in [-0.25, -0.2) is 5.01 Å². The topological polar surface area (TPSA) is 52.5 Å². The predicted molar refractivity (Wildman–Crippen MR) is 116 cm³/mol. The van der Waals surface area contributed by atoms with Crippen LogP contribution in [0.25, 0.3) is 0 Å². The summed E-state index contributed by atoms with van der Waals surface area (Å²) in [7, 11) is 1.66. The molecule has 156 valence electrons. The lowest BCUT2D eigenvalue weighted by Gasteiger charge is -2.38. The van der Waals surface area contributed by atoms with Crippen LogP contribution >= 0.6 is 11.6 Å². The second-order valence-corrected chi connectivity index (χ2v) is 8.08. The number of hydrazone groups is 1. The van der Waals surface area contributed by atoms with Crippen molar-refractivity contribution < 1.29 is 18.9 Å². The van der Waals surface area contributed by atoms with Crippen LogP contribution in [-0.2, 0) is 0 Å². The van der Waals surface area contributed by atoms with Crippen LogP contribution in [0, 0.1) is 0 Å². The van der Waals surface area contributed by atoms with Crippen molar-refractivity contribution in [2.24, 2.45) is 5.10 Å². The molecule has 3 aromatic carbocycles. The first-order valence-electron chi connectivity index (χ1n) is 10.1.